The van der Waals surface area contributed by atoms with Crippen LogP contribution in [0.4, 0.5) is 11.4 Å². The van der Waals surface area contributed by atoms with E-state index < -0.39 is 0 Å². The molecule has 116 valence electrons. The van der Waals surface area contributed by atoms with Crippen molar-refractivity contribution in [3.05, 3.63) is 66.7 Å². The highest BCUT2D eigenvalue weighted by molar-refractivity contribution is 7.99. The minimum Gasteiger partial charge on any atom is -0.355 e. The van der Waals surface area contributed by atoms with E-state index in [1.54, 1.807) is 11.8 Å². The number of anilines is 2. The van der Waals surface area contributed by atoms with Crippen molar-refractivity contribution >= 4 is 34.0 Å². The van der Waals surface area contributed by atoms with E-state index in [1.165, 1.54) is 21.2 Å². The van der Waals surface area contributed by atoms with Gasteiger partial charge in [0, 0.05) is 27.8 Å². The lowest BCUT2D eigenvalue weighted by Crippen LogP contribution is -2.14. The normalized spacial score (nSPS) is 13.0. The summed E-state index contributed by atoms with van der Waals surface area (Å²) in [6.07, 6.45) is 0. The van der Waals surface area contributed by atoms with Gasteiger partial charge in [0.1, 0.15) is 5.52 Å². The van der Waals surface area contributed by atoms with Crippen molar-refractivity contribution in [3.63, 3.8) is 0 Å². The SMILES string of the molecule is CN1c2ccccc2Sc2cc(-c3onc4ccccc34)ccc21. The van der Waals surface area contributed by atoms with Gasteiger partial charge in [-0.1, -0.05) is 41.2 Å². The van der Waals surface area contributed by atoms with Crippen LogP contribution in [0.15, 0.2) is 81.0 Å². The molecule has 1 aliphatic heterocycles. The van der Waals surface area contributed by atoms with Crippen molar-refractivity contribution in [1.82, 2.24) is 5.16 Å². The third-order valence-corrected chi connectivity index (χ3v) is 5.53. The highest BCUT2D eigenvalue weighted by Gasteiger charge is 2.21. The van der Waals surface area contributed by atoms with Gasteiger partial charge in [-0.25, -0.2) is 0 Å². The Hall–Kier alpha value is -2.72. The lowest BCUT2D eigenvalue weighted by Gasteiger charge is -2.29. The maximum Gasteiger partial charge on any atom is 0.174 e. The molecule has 2 heterocycles. The van der Waals surface area contributed by atoms with Crippen molar-refractivity contribution in [3.8, 4) is 11.3 Å². The predicted octanol–water partition coefficient (Wildman–Crippen LogP) is 5.73. The molecule has 24 heavy (non-hydrogen) atoms. The van der Waals surface area contributed by atoms with E-state index in [1.807, 2.05) is 18.2 Å². The molecule has 3 nitrogen and oxygen atoms in total. The summed E-state index contributed by atoms with van der Waals surface area (Å²) < 4.78 is 5.62. The van der Waals surface area contributed by atoms with Gasteiger partial charge in [-0.15, -0.1) is 0 Å². The van der Waals surface area contributed by atoms with E-state index in [2.05, 4.69) is 65.6 Å². The summed E-state index contributed by atoms with van der Waals surface area (Å²) >= 11 is 1.80. The molecule has 0 saturated heterocycles. The van der Waals surface area contributed by atoms with Crippen LogP contribution in [0, 0.1) is 0 Å². The van der Waals surface area contributed by atoms with Gasteiger partial charge in [0.15, 0.2) is 5.76 Å². The molecule has 3 aromatic carbocycles. The quantitative estimate of drug-likeness (QED) is 0.446. The molecule has 0 atom stereocenters. The monoisotopic (exact) mass is 330 g/mol. The summed E-state index contributed by atoms with van der Waals surface area (Å²) in [6, 6.07) is 23.0. The third kappa shape index (κ3) is 1.96. The van der Waals surface area contributed by atoms with Crippen molar-refractivity contribution in [2.45, 2.75) is 9.79 Å². The Labute approximate surface area is 143 Å². The van der Waals surface area contributed by atoms with Crippen molar-refractivity contribution in [2.24, 2.45) is 0 Å². The molecule has 0 saturated carbocycles. The Morgan fingerprint density at radius 2 is 1.67 bits per heavy atom. The van der Waals surface area contributed by atoms with Gasteiger partial charge in [0.2, 0.25) is 0 Å². The Morgan fingerprint density at radius 1 is 0.875 bits per heavy atom. The molecule has 0 aliphatic carbocycles. The predicted molar refractivity (Wildman–Crippen MR) is 98.1 cm³/mol. The molecule has 0 fully saturated rings. The second-order valence-corrected chi connectivity index (χ2v) is 6.92. The third-order valence-electron chi connectivity index (χ3n) is 4.41. The number of hydrogen-bond donors (Lipinski definition) is 0. The van der Waals surface area contributed by atoms with Crippen LogP contribution in [0.2, 0.25) is 0 Å². The van der Waals surface area contributed by atoms with E-state index in [9.17, 15) is 0 Å². The molecule has 1 aliphatic rings. The number of rotatable bonds is 1. The Kier molecular flexibility index (Phi) is 2.94. The van der Waals surface area contributed by atoms with Gasteiger partial charge in [-0.05, 0) is 42.5 Å². The Morgan fingerprint density at radius 3 is 2.62 bits per heavy atom. The molecule has 0 spiro atoms. The topological polar surface area (TPSA) is 29.3 Å². The zero-order chi connectivity index (χ0) is 16.1. The van der Waals surface area contributed by atoms with Gasteiger partial charge in [-0.3, -0.25) is 0 Å². The Bertz CT molecular complexity index is 1070. The van der Waals surface area contributed by atoms with Gasteiger partial charge in [-0.2, -0.15) is 0 Å². The standard InChI is InChI=1S/C20H14N2OS/c1-22-16-8-4-5-9-18(16)24-19-12-13(10-11-17(19)22)20-14-6-2-3-7-15(14)21-23-20/h2-12H,1H3. The molecule has 5 rings (SSSR count). The van der Waals surface area contributed by atoms with Gasteiger partial charge in [0.25, 0.3) is 0 Å². The zero-order valence-electron chi connectivity index (χ0n) is 13.1. The minimum atomic E-state index is 0.829. The minimum absolute atomic E-state index is 0.829. The van der Waals surface area contributed by atoms with E-state index in [4.69, 9.17) is 4.52 Å². The lowest BCUT2D eigenvalue weighted by atomic mass is 10.1. The smallest absolute Gasteiger partial charge is 0.174 e. The van der Waals surface area contributed by atoms with Crippen LogP contribution < -0.4 is 4.90 Å². The summed E-state index contributed by atoms with van der Waals surface area (Å²) in [5.41, 5.74) is 4.40. The molecular formula is C20H14N2OS. The van der Waals surface area contributed by atoms with Gasteiger partial charge >= 0.3 is 0 Å². The molecule has 0 unspecified atom stereocenters. The molecule has 4 aromatic rings. The Balaban J connectivity index is 1.65. The van der Waals surface area contributed by atoms with Gasteiger partial charge < -0.3 is 9.42 Å². The fourth-order valence-corrected chi connectivity index (χ4v) is 4.37. The van der Waals surface area contributed by atoms with E-state index >= 15 is 0 Å². The van der Waals surface area contributed by atoms with Crippen LogP contribution in [0.25, 0.3) is 22.2 Å². The van der Waals surface area contributed by atoms with E-state index in [-0.39, 0.29) is 0 Å². The second kappa shape index (κ2) is 5.14. The molecule has 0 bridgehead atoms. The number of benzene rings is 3. The summed E-state index contributed by atoms with van der Waals surface area (Å²) in [5.74, 6) is 0.829. The van der Waals surface area contributed by atoms with Crippen LogP contribution in [0.3, 0.4) is 0 Å². The number of fused-ring (bicyclic) bond motifs is 3. The average Bonchev–Trinajstić information content (AvgIpc) is 3.06. The van der Waals surface area contributed by atoms with E-state index in [0.29, 0.717) is 0 Å². The van der Waals surface area contributed by atoms with Crippen LogP contribution in [-0.2, 0) is 0 Å². The second-order valence-electron chi connectivity index (χ2n) is 5.84. The van der Waals surface area contributed by atoms with Crippen molar-refractivity contribution < 1.29 is 4.52 Å². The summed E-state index contributed by atoms with van der Waals surface area (Å²) in [4.78, 5) is 4.74. The highest BCUT2D eigenvalue weighted by Crippen LogP contribution is 2.48. The van der Waals surface area contributed by atoms with Crippen LogP contribution >= 0.6 is 11.8 Å². The molecule has 0 amide bonds. The first-order chi connectivity index (χ1) is 11.8. The number of aromatic nitrogens is 1. The number of para-hydroxylation sites is 1. The molecule has 1 aromatic heterocycles. The fraction of sp³-hybridized carbons (Fsp3) is 0.0500. The first kappa shape index (κ1) is 13.7. The largest absolute Gasteiger partial charge is 0.355 e. The van der Waals surface area contributed by atoms with Crippen molar-refractivity contribution in [2.75, 3.05) is 11.9 Å². The maximum atomic E-state index is 5.62. The summed E-state index contributed by atoms with van der Waals surface area (Å²) in [5, 5.41) is 5.21. The maximum absolute atomic E-state index is 5.62. The average molecular weight is 330 g/mol. The summed E-state index contributed by atoms with van der Waals surface area (Å²) in [7, 11) is 2.11. The first-order valence-electron chi connectivity index (χ1n) is 7.81. The molecule has 0 radical (unpaired) electrons. The highest BCUT2D eigenvalue weighted by atomic mass is 32.2. The fourth-order valence-electron chi connectivity index (χ4n) is 3.18. The van der Waals surface area contributed by atoms with Crippen LogP contribution in [0.1, 0.15) is 0 Å². The zero-order valence-corrected chi connectivity index (χ0v) is 13.9. The first-order valence-corrected chi connectivity index (χ1v) is 8.62. The number of nitrogens with zero attached hydrogens (tertiary/aromatic N) is 2. The molecule has 0 N–H and O–H groups in total. The van der Waals surface area contributed by atoms with Crippen LogP contribution in [-0.4, -0.2) is 12.2 Å². The molecule has 4 heteroatoms. The lowest BCUT2D eigenvalue weighted by molar-refractivity contribution is 0.441. The van der Waals surface area contributed by atoms with Crippen molar-refractivity contribution in [1.29, 1.82) is 0 Å². The number of hydrogen-bond acceptors (Lipinski definition) is 4. The van der Waals surface area contributed by atoms with Crippen LogP contribution in [0.5, 0.6) is 0 Å². The van der Waals surface area contributed by atoms with E-state index in [0.717, 1.165) is 22.2 Å². The van der Waals surface area contributed by atoms with Gasteiger partial charge in [0.05, 0.1) is 11.4 Å². The molecular weight excluding hydrogens is 316 g/mol. The summed E-state index contributed by atoms with van der Waals surface area (Å²) in [6.45, 7) is 0.